The zero-order valence-electron chi connectivity index (χ0n) is 14.0. The number of nitrogens with zero attached hydrogens (tertiary/aromatic N) is 3. The van der Waals surface area contributed by atoms with Crippen molar-refractivity contribution >= 4 is 11.8 Å². The van der Waals surface area contributed by atoms with Crippen molar-refractivity contribution in [2.75, 3.05) is 7.11 Å². The van der Waals surface area contributed by atoms with Crippen molar-refractivity contribution in [2.24, 2.45) is 7.05 Å². The Morgan fingerprint density at radius 3 is 2.48 bits per heavy atom. The fourth-order valence-electron chi connectivity index (χ4n) is 2.46. The van der Waals surface area contributed by atoms with Crippen LogP contribution in [0.3, 0.4) is 0 Å². The molecule has 0 spiro atoms. The molecule has 1 heterocycles. The van der Waals surface area contributed by atoms with Crippen LogP contribution in [0.15, 0.2) is 47.6 Å². The summed E-state index contributed by atoms with van der Waals surface area (Å²) in [5, 5.41) is 8.72. The van der Waals surface area contributed by atoms with Crippen LogP contribution in [-0.4, -0.2) is 21.9 Å². The minimum atomic E-state index is -0.458. The maximum atomic E-state index is 13.9. The lowest BCUT2D eigenvalue weighted by Crippen LogP contribution is -1.99. The van der Waals surface area contributed by atoms with Gasteiger partial charge in [0.05, 0.1) is 7.11 Å². The summed E-state index contributed by atoms with van der Waals surface area (Å²) in [6, 6.07) is 11.0. The standard InChI is InChI=1S/C18H17F2N3OS/c1-11(15-10-13(19)6-9-16(15)20)25-18-22-21-17(23(18)2)12-4-7-14(24-3)8-5-12/h4-11H,1-3H3. The predicted molar refractivity (Wildman–Crippen MR) is 93.6 cm³/mol. The fourth-order valence-corrected chi connectivity index (χ4v) is 3.41. The van der Waals surface area contributed by atoms with Gasteiger partial charge in [0.1, 0.15) is 17.4 Å². The number of rotatable bonds is 5. The summed E-state index contributed by atoms with van der Waals surface area (Å²) >= 11 is 1.33. The first-order chi connectivity index (χ1) is 12.0. The Labute approximate surface area is 148 Å². The highest BCUT2D eigenvalue weighted by atomic mass is 32.2. The van der Waals surface area contributed by atoms with Crippen LogP contribution in [0.25, 0.3) is 11.4 Å². The van der Waals surface area contributed by atoms with E-state index in [0.29, 0.717) is 16.5 Å². The average Bonchev–Trinajstić information content (AvgIpc) is 2.97. The molecule has 4 nitrogen and oxygen atoms in total. The van der Waals surface area contributed by atoms with Crippen LogP contribution in [0.5, 0.6) is 5.75 Å². The Morgan fingerprint density at radius 2 is 1.80 bits per heavy atom. The molecule has 1 aromatic heterocycles. The van der Waals surface area contributed by atoms with Crippen LogP contribution in [0.1, 0.15) is 17.7 Å². The summed E-state index contributed by atoms with van der Waals surface area (Å²) < 4.78 is 34.3. The van der Waals surface area contributed by atoms with E-state index in [-0.39, 0.29) is 5.25 Å². The second-order valence-electron chi connectivity index (χ2n) is 5.52. The molecule has 0 aliphatic carbocycles. The summed E-state index contributed by atoms with van der Waals surface area (Å²) in [6.45, 7) is 1.81. The number of hydrogen-bond acceptors (Lipinski definition) is 4. The molecule has 1 unspecified atom stereocenters. The van der Waals surface area contributed by atoms with Crippen LogP contribution in [0.2, 0.25) is 0 Å². The van der Waals surface area contributed by atoms with E-state index in [1.807, 2.05) is 42.8 Å². The third-order valence-corrected chi connectivity index (χ3v) is 5.04. The van der Waals surface area contributed by atoms with E-state index in [1.165, 1.54) is 17.8 Å². The third kappa shape index (κ3) is 3.66. The number of hydrogen-bond donors (Lipinski definition) is 0. The van der Waals surface area contributed by atoms with Crippen LogP contribution >= 0.6 is 11.8 Å². The molecule has 0 fully saturated rings. The maximum absolute atomic E-state index is 13.9. The largest absolute Gasteiger partial charge is 0.497 e. The normalized spacial score (nSPS) is 12.2. The molecular formula is C18H17F2N3OS. The number of benzene rings is 2. The van der Waals surface area contributed by atoms with Crippen molar-refractivity contribution < 1.29 is 13.5 Å². The van der Waals surface area contributed by atoms with E-state index < -0.39 is 11.6 Å². The number of methoxy groups -OCH3 is 1. The lowest BCUT2D eigenvalue weighted by atomic mass is 10.1. The van der Waals surface area contributed by atoms with Crippen LogP contribution in [-0.2, 0) is 7.05 Å². The minimum Gasteiger partial charge on any atom is -0.497 e. The summed E-state index contributed by atoms with van der Waals surface area (Å²) in [7, 11) is 3.45. The smallest absolute Gasteiger partial charge is 0.191 e. The maximum Gasteiger partial charge on any atom is 0.191 e. The topological polar surface area (TPSA) is 39.9 Å². The summed E-state index contributed by atoms with van der Waals surface area (Å²) in [5.41, 5.74) is 1.20. The molecule has 0 saturated heterocycles. The Hall–Kier alpha value is -2.41. The van der Waals surface area contributed by atoms with Crippen molar-refractivity contribution in [3.8, 4) is 17.1 Å². The molecule has 2 aromatic carbocycles. The molecule has 0 bridgehead atoms. The molecule has 0 N–H and O–H groups in total. The quantitative estimate of drug-likeness (QED) is 0.622. The number of aromatic nitrogens is 3. The van der Waals surface area contributed by atoms with Gasteiger partial charge in [-0.25, -0.2) is 8.78 Å². The predicted octanol–water partition coefficient (Wildman–Crippen LogP) is 4.62. The van der Waals surface area contributed by atoms with E-state index >= 15 is 0 Å². The Balaban J connectivity index is 1.84. The molecule has 0 radical (unpaired) electrons. The minimum absolute atomic E-state index is 0.303. The molecule has 0 saturated carbocycles. The monoisotopic (exact) mass is 361 g/mol. The van der Waals surface area contributed by atoms with Crippen molar-refractivity contribution in [1.29, 1.82) is 0 Å². The highest BCUT2D eigenvalue weighted by Crippen LogP contribution is 2.36. The van der Waals surface area contributed by atoms with Gasteiger partial charge in [-0.1, -0.05) is 11.8 Å². The van der Waals surface area contributed by atoms with E-state index in [4.69, 9.17) is 4.74 Å². The van der Waals surface area contributed by atoms with E-state index in [9.17, 15) is 8.78 Å². The lowest BCUT2D eigenvalue weighted by Gasteiger charge is -2.12. The molecule has 3 rings (SSSR count). The summed E-state index contributed by atoms with van der Waals surface area (Å²) in [4.78, 5) is 0. The molecule has 0 aliphatic heterocycles. The van der Waals surface area contributed by atoms with Gasteiger partial charge in [-0.05, 0) is 49.4 Å². The van der Waals surface area contributed by atoms with Gasteiger partial charge in [0.15, 0.2) is 11.0 Å². The number of thioether (sulfide) groups is 1. The number of ether oxygens (including phenoxy) is 1. The Kier molecular flexibility index (Phi) is 5.03. The molecule has 0 amide bonds. The van der Waals surface area contributed by atoms with Gasteiger partial charge < -0.3 is 9.30 Å². The molecule has 25 heavy (non-hydrogen) atoms. The van der Waals surface area contributed by atoms with Crippen molar-refractivity contribution in [1.82, 2.24) is 14.8 Å². The highest BCUT2D eigenvalue weighted by molar-refractivity contribution is 7.99. The molecule has 7 heteroatoms. The van der Waals surface area contributed by atoms with Crippen LogP contribution in [0.4, 0.5) is 8.78 Å². The lowest BCUT2D eigenvalue weighted by molar-refractivity contribution is 0.415. The van der Waals surface area contributed by atoms with Crippen LogP contribution in [0, 0.1) is 11.6 Å². The highest BCUT2D eigenvalue weighted by Gasteiger charge is 2.18. The van der Waals surface area contributed by atoms with E-state index in [0.717, 1.165) is 23.4 Å². The SMILES string of the molecule is COc1ccc(-c2nnc(SC(C)c3cc(F)ccc3F)n2C)cc1. The van der Waals surface area contributed by atoms with Gasteiger partial charge in [-0.15, -0.1) is 10.2 Å². The Bertz CT molecular complexity index is 881. The van der Waals surface area contributed by atoms with Crippen molar-refractivity contribution in [2.45, 2.75) is 17.3 Å². The van der Waals surface area contributed by atoms with Gasteiger partial charge in [0.25, 0.3) is 0 Å². The molecular weight excluding hydrogens is 344 g/mol. The first-order valence-electron chi connectivity index (χ1n) is 7.65. The van der Waals surface area contributed by atoms with Crippen LogP contribution < -0.4 is 4.74 Å². The summed E-state index contributed by atoms with van der Waals surface area (Å²) in [6.07, 6.45) is 0. The molecule has 130 valence electrons. The zero-order chi connectivity index (χ0) is 18.0. The van der Waals surface area contributed by atoms with Gasteiger partial charge in [0.2, 0.25) is 0 Å². The molecule has 0 aliphatic rings. The third-order valence-electron chi connectivity index (χ3n) is 3.86. The van der Waals surface area contributed by atoms with Gasteiger partial charge in [0, 0.05) is 23.4 Å². The zero-order valence-corrected chi connectivity index (χ0v) is 14.8. The molecule has 3 aromatic rings. The number of halogens is 2. The second kappa shape index (κ2) is 7.23. The summed E-state index contributed by atoms with van der Waals surface area (Å²) in [5.74, 6) is 0.562. The van der Waals surface area contributed by atoms with Crippen molar-refractivity contribution in [3.05, 3.63) is 59.7 Å². The average molecular weight is 361 g/mol. The van der Waals surface area contributed by atoms with E-state index in [1.54, 1.807) is 7.11 Å². The molecule has 1 atom stereocenters. The first kappa shape index (κ1) is 17.4. The van der Waals surface area contributed by atoms with Gasteiger partial charge in [-0.3, -0.25) is 0 Å². The second-order valence-corrected chi connectivity index (χ2v) is 6.83. The van der Waals surface area contributed by atoms with Crippen molar-refractivity contribution in [3.63, 3.8) is 0 Å². The van der Waals surface area contributed by atoms with Gasteiger partial charge >= 0.3 is 0 Å². The van der Waals surface area contributed by atoms with Gasteiger partial charge in [-0.2, -0.15) is 0 Å². The first-order valence-corrected chi connectivity index (χ1v) is 8.53. The van der Waals surface area contributed by atoms with E-state index in [2.05, 4.69) is 10.2 Å². The fraction of sp³-hybridized carbons (Fsp3) is 0.222. The Morgan fingerprint density at radius 1 is 1.08 bits per heavy atom.